The molecule has 2 aromatic rings. The third kappa shape index (κ3) is 7.78. The number of aryl methyl sites for hydroxylation is 2. The van der Waals surface area contributed by atoms with Gasteiger partial charge in [-0.05, 0) is 49.8 Å². The van der Waals surface area contributed by atoms with E-state index < -0.39 is 33.4 Å². The van der Waals surface area contributed by atoms with E-state index in [1.807, 2.05) is 38.1 Å². The summed E-state index contributed by atoms with van der Waals surface area (Å²) in [7, 11) is -4.01. The van der Waals surface area contributed by atoms with Gasteiger partial charge in [0.1, 0.15) is 12.6 Å². The lowest BCUT2D eigenvalue weighted by Crippen LogP contribution is -2.54. The zero-order valence-corrected chi connectivity index (χ0v) is 23.9. The summed E-state index contributed by atoms with van der Waals surface area (Å²) in [5.74, 6) is -0.830. The van der Waals surface area contributed by atoms with Gasteiger partial charge in [-0.25, -0.2) is 8.42 Å². The minimum absolute atomic E-state index is 0.0515. The van der Waals surface area contributed by atoms with E-state index in [1.165, 1.54) is 17.0 Å². The van der Waals surface area contributed by atoms with Gasteiger partial charge in [-0.15, -0.1) is 0 Å². The normalized spacial score (nSPS) is 14.9. The summed E-state index contributed by atoms with van der Waals surface area (Å²) in [6.07, 6.45) is 6.30. The van der Waals surface area contributed by atoms with Crippen LogP contribution in [0.2, 0.25) is 0 Å². The van der Waals surface area contributed by atoms with Crippen molar-refractivity contribution >= 4 is 33.2 Å². The van der Waals surface area contributed by atoms with Crippen molar-refractivity contribution in [2.45, 2.75) is 77.9 Å². The van der Waals surface area contributed by atoms with Crippen molar-refractivity contribution in [3.8, 4) is 0 Å². The lowest BCUT2D eigenvalue weighted by atomic mass is 9.95. The van der Waals surface area contributed by atoms with Crippen molar-refractivity contribution in [3.05, 3.63) is 69.3 Å². The second-order valence-electron chi connectivity index (χ2n) is 10.2. The van der Waals surface area contributed by atoms with Gasteiger partial charge < -0.3 is 10.2 Å². The predicted molar refractivity (Wildman–Crippen MR) is 151 cm³/mol. The van der Waals surface area contributed by atoms with E-state index in [4.69, 9.17) is 0 Å². The molecule has 0 aromatic heterocycles. The number of carbonyl (C=O) groups is 2. The molecule has 0 spiro atoms. The van der Waals surface area contributed by atoms with Crippen LogP contribution in [0.1, 0.15) is 62.1 Å². The molecule has 11 heteroatoms. The highest BCUT2D eigenvalue weighted by atomic mass is 32.2. The highest BCUT2D eigenvalue weighted by Gasteiger charge is 2.33. The van der Waals surface area contributed by atoms with Gasteiger partial charge in [0, 0.05) is 24.7 Å². The van der Waals surface area contributed by atoms with E-state index in [0.29, 0.717) is 12.0 Å². The topological polar surface area (TPSA) is 130 Å². The molecule has 0 heterocycles. The summed E-state index contributed by atoms with van der Waals surface area (Å²) in [4.78, 5) is 39.6. The molecule has 1 aliphatic carbocycles. The first-order chi connectivity index (χ1) is 18.4. The first-order valence-corrected chi connectivity index (χ1v) is 15.1. The minimum Gasteiger partial charge on any atom is -0.352 e. The molecule has 1 N–H and O–H groups in total. The monoisotopic (exact) mass is 558 g/mol. The van der Waals surface area contributed by atoms with Gasteiger partial charge >= 0.3 is 0 Å². The summed E-state index contributed by atoms with van der Waals surface area (Å²) < 4.78 is 26.6. The fraction of sp³-hybridized carbons (Fsp3) is 0.500. The van der Waals surface area contributed by atoms with E-state index >= 15 is 0 Å². The Morgan fingerprint density at radius 1 is 1.08 bits per heavy atom. The predicted octanol–water partition coefficient (Wildman–Crippen LogP) is 4.23. The molecule has 212 valence electrons. The number of sulfonamides is 1. The van der Waals surface area contributed by atoms with Crippen LogP contribution in [0.3, 0.4) is 0 Å². The van der Waals surface area contributed by atoms with Gasteiger partial charge in [-0.3, -0.25) is 24.0 Å². The van der Waals surface area contributed by atoms with Crippen LogP contribution in [0.4, 0.5) is 11.4 Å². The largest absolute Gasteiger partial charge is 0.352 e. The van der Waals surface area contributed by atoms with Crippen LogP contribution in [0.5, 0.6) is 0 Å². The highest BCUT2D eigenvalue weighted by molar-refractivity contribution is 7.92. The van der Waals surface area contributed by atoms with E-state index in [0.717, 1.165) is 59.9 Å². The molecular weight excluding hydrogens is 520 g/mol. The molecule has 0 bridgehead atoms. The molecule has 0 saturated heterocycles. The number of hydrogen-bond acceptors (Lipinski definition) is 6. The number of hydrogen-bond donors (Lipinski definition) is 1. The number of nitrogens with zero attached hydrogens (tertiary/aromatic N) is 3. The van der Waals surface area contributed by atoms with E-state index in [2.05, 4.69) is 5.32 Å². The van der Waals surface area contributed by atoms with Crippen LogP contribution in [-0.2, 0) is 26.2 Å². The second-order valence-corrected chi connectivity index (χ2v) is 12.1. The van der Waals surface area contributed by atoms with Gasteiger partial charge in [0.15, 0.2) is 0 Å². The van der Waals surface area contributed by atoms with Crippen molar-refractivity contribution in [1.29, 1.82) is 0 Å². The number of anilines is 1. The van der Waals surface area contributed by atoms with Crippen LogP contribution in [0, 0.1) is 24.0 Å². The van der Waals surface area contributed by atoms with Crippen molar-refractivity contribution in [1.82, 2.24) is 10.2 Å². The SMILES string of the molecule is CCC(C(=O)NC1CCCCC1)N(Cc1ccccc1C)C(=O)CN(c1cc([N+](=O)[O-])ccc1C)S(C)(=O)=O. The zero-order valence-electron chi connectivity index (χ0n) is 23.1. The molecule has 1 unspecified atom stereocenters. The molecule has 2 amide bonds. The van der Waals surface area contributed by atoms with E-state index in [9.17, 15) is 28.1 Å². The zero-order chi connectivity index (χ0) is 28.7. The fourth-order valence-electron chi connectivity index (χ4n) is 5.01. The fourth-order valence-corrected chi connectivity index (χ4v) is 5.91. The number of non-ortho nitro benzene ring substituents is 1. The average molecular weight is 559 g/mol. The smallest absolute Gasteiger partial charge is 0.271 e. The highest BCUT2D eigenvalue weighted by Crippen LogP contribution is 2.28. The van der Waals surface area contributed by atoms with Crippen molar-refractivity contribution in [3.63, 3.8) is 0 Å². The standard InChI is InChI=1S/C28H38N4O6S/c1-5-25(28(34)29-23-13-7-6-8-14-23)30(18-22-12-10-9-11-20(22)2)27(33)19-31(39(4,37)38)26-17-24(32(35)36)16-15-21(26)3/h9-12,15-17,23,25H,5-8,13-14,18-19H2,1-4H3,(H,29,34). The Kier molecular flexibility index (Phi) is 10.1. The molecule has 0 radical (unpaired) electrons. The van der Waals surface area contributed by atoms with Gasteiger partial charge in [0.25, 0.3) is 5.69 Å². The van der Waals surface area contributed by atoms with Crippen LogP contribution in [0.15, 0.2) is 42.5 Å². The third-order valence-electron chi connectivity index (χ3n) is 7.29. The van der Waals surface area contributed by atoms with Crippen molar-refractivity contribution in [2.24, 2.45) is 0 Å². The summed E-state index contributed by atoms with van der Waals surface area (Å²) in [5.41, 5.74) is 2.01. The third-order valence-corrected chi connectivity index (χ3v) is 8.42. The number of nitro groups is 1. The minimum atomic E-state index is -4.01. The number of rotatable bonds is 11. The molecule has 1 fully saturated rings. The molecule has 1 saturated carbocycles. The molecule has 1 atom stereocenters. The van der Waals surface area contributed by atoms with Crippen molar-refractivity contribution in [2.75, 3.05) is 17.1 Å². The number of benzene rings is 2. The van der Waals surface area contributed by atoms with Crippen LogP contribution in [-0.4, -0.2) is 54.9 Å². The molecule has 39 heavy (non-hydrogen) atoms. The Hall–Kier alpha value is -3.47. The van der Waals surface area contributed by atoms with Crippen LogP contribution >= 0.6 is 0 Å². The number of nitrogens with one attached hydrogen (secondary N) is 1. The number of carbonyl (C=O) groups excluding carboxylic acids is 2. The van der Waals surface area contributed by atoms with Gasteiger partial charge in [-0.1, -0.05) is 56.5 Å². The molecular formula is C28H38N4O6S. The Morgan fingerprint density at radius 3 is 2.33 bits per heavy atom. The second kappa shape index (κ2) is 13.1. The maximum Gasteiger partial charge on any atom is 0.271 e. The Morgan fingerprint density at radius 2 is 1.74 bits per heavy atom. The quantitative estimate of drug-likeness (QED) is 0.324. The maximum absolute atomic E-state index is 13.9. The molecule has 0 aliphatic heterocycles. The summed E-state index contributed by atoms with van der Waals surface area (Å²) >= 11 is 0. The number of nitro benzene ring substituents is 1. The summed E-state index contributed by atoms with van der Waals surface area (Å²) in [5, 5.41) is 14.5. The summed E-state index contributed by atoms with van der Waals surface area (Å²) in [6.45, 7) is 4.88. The van der Waals surface area contributed by atoms with E-state index in [-0.39, 0.29) is 29.9 Å². The molecule has 3 rings (SSSR count). The lowest BCUT2D eigenvalue weighted by molar-refractivity contribution is -0.384. The molecule has 2 aromatic carbocycles. The molecule has 1 aliphatic rings. The Bertz CT molecular complexity index is 1310. The Labute approximate surface area is 230 Å². The lowest BCUT2D eigenvalue weighted by Gasteiger charge is -2.34. The first-order valence-electron chi connectivity index (χ1n) is 13.3. The van der Waals surface area contributed by atoms with Gasteiger partial charge in [-0.2, -0.15) is 0 Å². The van der Waals surface area contributed by atoms with Crippen molar-refractivity contribution < 1.29 is 22.9 Å². The average Bonchev–Trinajstić information content (AvgIpc) is 2.88. The van der Waals surface area contributed by atoms with Crippen LogP contribution < -0.4 is 9.62 Å². The molecule has 10 nitrogen and oxygen atoms in total. The van der Waals surface area contributed by atoms with Gasteiger partial charge in [0.2, 0.25) is 21.8 Å². The van der Waals surface area contributed by atoms with E-state index in [1.54, 1.807) is 6.92 Å². The maximum atomic E-state index is 13.9. The Balaban J connectivity index is 1.98. The number of amides is 2. The van der Waals surface area contributed by atoms with Crippen LogP contribution in [0.25, 0.3) is 0 Å². The first kappa shape index (κ1) is 30.1. The summed E-state index contributed by atoms with van der Waals surface area (Å²) in [6, 6.07) is 10.7. The van der Waals surface area contributed by atoms with Gasteiger partial charge in [0.05, 0.1) is 16.9 Å².